The molecule has 0 saturated heterocycles. The first-order valence-electron chi connectivity index (χ1n) is 4.60. The third-order valence-corrected chi connectivity index (χ3v) is 5.09. The smallest absolute Gasteiger partial charge is 0.366 e. The van der Waals surface area contributed by atoms with Gasteiger partial charge in [0.15, 0.2) is 5.34 Å². The molecule has 1 atom stereocenters. The fourth-order valence-electron chi connectivity index (χ4n) is 1.94. The summed E-state index contributed by atoms with van der Waals surface area (Å²) in [7, 11) is -0.912. The highest BCUT2D eigenvalue weighted by molar-refractivity contribution is 7.55. The summed E-state index contributed by atoms with van der Waals surface area (Å²) in [6.07, 6.45) is 0.308. The van der Waals surface area contributed by atoms with Crippen LogP contribution in [0.3, 0.4) is 0 Å². The van der Waals surface area contributed by atoms with Gasteiger partial charge < -0.3 is 14.2 Å². The standard InChI is InChI=1S/C10H13O4P/c1-13-15(12,14-2)10(11)7-8-5-3-4-6-9(8)10/h3-6,11H,7H2,1-2H3. The van der Waals surface area contributed by atoms with Gasteiger partial charge in [-0.15, -0.1) is 0 Å². The highest BCUT2D eigenvalue weighted by atomic mass is 31.2. The number of aliphatic hydroxyl groups is 1. The van der Waals surface area contributed by atoms with Crippen LogP contribution in [0.5, 0.6) is 0 Å². The van der Waals surface area contributed by atoms with E-state index in [9.17, 15) is 9.67 Å². The summed E-state index contributed by atoms with van der Waals surface area (Å²) < 4.78 is 21.8. The number of fused-ring (bicyclic) bond motifs is 1. The second kappa shape index (κ2) is 3.42. The molecule has 0 radical (unpaired) electrons. The molecule has 2 rings (SSSR count). The molecule has 1 aromatic carbocycles. The molecular formula is C10H13O4P. The molecule has 1 aromatic rings. The van der Waals surface area contributed by atoms with E-state index in [0.29, 0.717) is 12.0 Å². The van der Waals surface area contributed by atoms with Crippen molar-refractivity contribution in [3.8, 4) is 0 Å². The van der Waals surface area contributed by atoms with Crippen LogP contribution in [0.25, 0.3) is 0 Å². The topological polar surface area (TPSA) is 55.8 Å². The van der Waals surface area contributed by atoms with Gasteiger partial charge in [-0.25, -0.2) is 0 Å². The van der Waals surface area contributed by atoms with E-state index in [1.807, 2.05) is 12.1 Å². The first-order chi connectivity index (χ1) is 7.07. The molecule has 1 aliphatic rings. The van der Waals surface area contributed by atoms with Gasteiger partial charge in [0.1, 0.15) is 0 Å². The third-order valence-electron chi connectivity index (χ3n) is 2.82. The summed E-state index contributed by atoms with van der Waals surface area (Å²) in [6.45, 7) is 0. The summed E-state index contributed by atoms with van der Waals surface area (Å²) in [6, 6.07) is 7.30. The van der Waals surface area contributed by atoms with Crippen LogP contribution in [-0.4, -0.2) is 19.3 Å². The molecule has 0 amide bonds. The molecule has 0 fully saturated rings. The summed E-state index contributed by atoms with van der Waals surface area (Å²) in [5, 5.41) is 8.79. The lowest BCUT2D eigenvalue weighted by atomic mass is 9.85. The van der Waals surface area contributed by atoms with E-state index in [0.717, 1.165) is 5.56 Å². The molecule has 15 heavy (non-hydrogen) atoms. The summed E-state index contributed by atoms with van der Waals surface area (Å²) >= 11 is 0. The lowest BCUT2D eigenvalue weighted by molar-refractivity contribution is 0.0565. The maximum atomic E-state index is 12.1. The SMILES string of the molecule is COP(=O)(OC)C1(O)Cc2ccccc21. The van der Waals surface area contributed by atoms with Crippen LogP contribution in [0.15, 0.2) is 24.3 Å². The molecule has 0 spiro atoms. The Kier molecular flexibility index (Phi) is 2.47. The van der Waals surface area contributed by atoms with E-state index in [4.69, 9.17) is 9.05 Å². The van der Waals surface area contributed by atoms with Crippen molar-refractivity contribution in [3.05, 3.63) is 35.4 Å². The molecule has 82 valence electrons. The van der Waals surface area contributed by atoms with Crippen LogP contribution in [0.2, 0.25) is 0 Å². The van der Waals surface area contributed by atoms with Gasteiger partial charge in [-0.1, -0.05) is 24.3 Å². The lowest BCUT2D eigenvalue weighted by Crippen LogP contribution is -2.39. The van der Waals surface area contributed by atoms with Gasteiger partial charge in [0.05, 0.1) is 0 Å². The predicted molar refractivity (Wildman–Crippen MR) is 55.7 cm³/mol. The maximum absolute atomic E-state index is 12.1. The van der Waals surface area contributed by atoms with Gasteiger partial charge >= 0.3 is 7.60 Å². The minimum Gasteiger partial charge on any atom is -0.373 e. The normalized spacial score (nSPS) is 24.5. The maximum Gasteiger partial charge on any atom is 0.366 e. The van der Waals surface area contributed by atoms with Gasteiger partial charge in [0, 0.05) is 20.6 Å². The van der Waals surface area contributed by atoms with Crippen molar-refractivity contribution in [1.82, 2.24) is 0 Å². The second-order valence-corrected chi connectivity index (χ2v) is 5.98. The summed E-state index contributed by atoms with van der Waals surface area (Å²) in [5.41, 5.74) is 1.62. The van der Waals surface area contributed by atoms with Crippen molar-refractivity contribution < 1.29 is 18.7 Å². The Morgan fingerprint density at radius 2 is 1.93 bits per heavy atom. The van der Waals surface area contributed by atoms with Crippen molar-refractivity contribution in [2.75, 3.05) is 14.2 Å². The van der Waals surface area contributed by atoms with Gasteiger partial charge in [-0.3, -0.25) is 4.57 Å². The van der Waals surface area contributed by atoms with Gasteiger partial charge in [0.2, 0.25) is 0 Å². The van der Waals surface area contributed by atoms with Crippen molar-refractivity contribution in [1.29, 1.82) is 0 Å². The molecule has 0 aromatic heterocycles. The van der Waals surface area contributed by atoms with Crippen molar-refractivity contribution in [3.63, 3.8) is 0 Å². The summed E-state index contributed by atoms with van der Waals surface area (Å²) in [5.74, 6) is 0. The fourth-order valence-corrected chi connectivity index (χ4v) is 3.57. The highest BCUT2D eigenvalue weighted by Gasteiger charge is 2.56. The van der Waals surface area contributed by atoms with Crippen LogP contribution >= 0.6 is 7.60 Å². The molecule has 0 bridgehead atoms. The molecular weight excluding hydrogens is 215 g/mol. The lowest BCUT2D eigenvalue weighted by Gasteiger charge is -2.41. The number of benzene rings is 1. The van der Waals surface area contributed by atoms with E-state index >= 15 is 0 Å². The van der Waals surface area contributed by atoms with Crippen molar-refractivity contribution in [2.24, 2.45) is 0 Å². The van der Waals surface area contributed by atoms with Crippen molar-refractivity contribution >= 4 is 7.60 Å². The first kappa shape index (κ1) is 10.8. The zero-order valence-electron chi connectivity index (χ0n) is 8.64. The third kappa shape index (κ3) is 1.30. The molecule has 1 unspecified atom stereocenters. The van der Waals surface area contributed by atoms with E-state index < -0.39 is 12.9 Å². The monoisotopic (exact) mass is 228 g/mol. The zero-order chi connectivity index (χ0) is 11.1. The zero-order valence-corrected chi connectivity index (χ0v) is 9.53. The Hall–Kier alpha value is -0.670. The minimum absolute atomic E-state index is 0.308. The predicted octanol–water partition coefficient (Wildman–Crippen LogP) is 1.87. The molecule has 0 heterocycles. The molecule has 1 aliphatic carbocycles. The van der Waals surface area contributed by atoms with E-state index in [-0.39, 0.29) is 0 Å². The van der Waals surface area contributed by atoms with Crippen LogP contribution in [0.4, 0.5) is 0 Å². The average Bonchev–Trinajstić information content (AvgIpc) is 2.26. The Labute approximate surface area is 88.4 Å². The van der Waals surface area contributed by atoms with E-state index in [1.165, 1.54) is 14.2 Å². The first-order valence-corrected chi connectivity index (χ1v) is 6.14. The van der Waals surface area contributed by atoms with Crippen molar-refractivity contribution in [2.45, 2.75) is 11.8 Å². The van der Waals surface area contributed by atoms with Gasteiger partial charge in [0.25, 0.3) is 0 Å². The Bertz CT molecular complexity index is 423. The highest BCUT2D eigenvalue weighted by Crippen LogP contribution is 2.68. The van der Waals surface area contributed by atoms with Crippen LogP contribution in [-0.2, 0) is 25.4 Å². The number of rotatable bonds is 3. The Balaban J connectivity index is 2.46. The number of hydrogen-bond donors (Lipinski definition) is 1. The largest absolute Gasteiger partial charge is 0.373 e. The fraction of sp³-hybridized carbons (Fsp3) is 0.400. The minimum atomic E-state index is -3.47. The van der Waals surface area contributed by atoms with Gasteiger partial charge in [-0.05, 0) is 11.1 Å². The number of hydrogen-bond acceptors (Lipinski definition) is 4. The van der Waals surface area contributed by atoms with Crippen LogP contribution in [0, 0.1) is 0 Å². The van der Waals surface area contributed by atoms with Crippen LogP contribution in [0.1, 0.15) is 11.1 Å². The molecule has 5 heteroatoms. The quantitative estimate of drug-likeness (QED) is 0.802. The molecule has 0 saturated carbocycles. The van der Waals surface area contributed by atoms with E-state index in [1.54, 1.807) is 12.1 Å². The second-order valence-electron chi connectivity index (χ2n) is 3.51. The van der Waals surface area contributed by atoms with Crippen LogP contribution < -0.4 is 0 Å². The summed E-state index contributed by atoms with van der Waals surface area (Å²) in [4.78, 5) is 0. The average molecular weight is 228 g/mol. The Morgan fingerprint density at radius 3 is 2.47 bits per heavy atom. The van der Waals surface area contributed by atoms with Gasteiger partial charge in [-0.2, -0.15) is 0 Å². The van der Waals surface area contributed by atoms with E-state index in [2.05, 4.69) is 0 Å². The molecule has 1 N–H and O–H groups in total. The Morgan fingerprint density at radius 1 is 1.33 bits per heavy atom. The molecule has 4 nitrogen and oxygen atoms in total. The molecule has 0 aliphatic heterocycles.